The van der Waals surface area contributed by atoms with Gasteiger partial charge in [-0.1, -0.05) is 0 Å². The lowest BCUT2D eigenvalue weighted by Gasteiger charge is -2.03. The molecule has 66 valence electrons. The van der Waals surface area contributed by atoms with Crippen LogP contribution in [0.5, 0.6) is 0 Å². The van der Waals surface area contributed by atoms with E-state index in [1.807, 2.05) is 23.5 Å². The highest BCUT2D eigenvalue weighted by atomic mass is 32.2. The van der Waals surface area contributed by atoms with Crippen LogP contribution in [0.1, 0.15) is 13.8 Å². The first-order valence-electron chi connectivity index (χ1n) is 3.39. The Morgan fingerprint density at radius 3 is 1.55 bits per heavy atom. The molecule has 0 aromatic rings. The van der Waals surface area contributed by atoms with Gasteiger partial charge in [0.15, 0.2) is 0 Å². The van der Waals surface area contributed by atoms with E-state index in [0.717, 1.165) is 0 Å². The molecule has 0 fully saturated rings. The molecule has 1 heterocycles. The predicted octanol–water partition coefficient (Wildman–Crippen LogP) is 1.64. The van der Waals surface area contributed by atoms with Crippen molar-refractivity contribution in [3.8, 4) is 0 Å². The van der Waals surface area contributed by atoms with Crippen LogP contribution in [0.2, 0.25) is 0 Å². The van der Waals surface area contributed by atoms with E-state index in [1.165, 1.54) is 5.08 Å². The average Bonchev–Trinajstić information content (AvgIpc) is 2.41. The molecule has 0 aromatic carbocycles. The van der Waals surface area contributed by atoms with E-state index in [-0.39, 0.29) is 0 Å². The number of hydrogen-bond acceptors (Lipinski definition) is 4. The summed E-state index contributed by atoms with van der Waals surface area (Å²) in [5.41, 5.74) is 0. The minimum atomic E-state index is -0.593. The summed E-state index contributed by atoms with van der Waals surface area (Å²) >= 11 is 3.71. The van der Waals surface area contributed by atoms with E-state index in [2.05, 4.69) is 10.8 Å². The lowest BCUT2D eigenvalue weighted by Crippen LogP contribution is -2.17. The molecule has 2 atom stereocenters. The maximum absolute atomic E-state index is 8.38. The quantitative estimate of drug-likeness (QED) is 0.666. The molecule has 0 bridgehead atoms. The molecule has 1 aliphatic heterocycles. The lowest BCUT2D eigenvalue weighted by molar-refractivity contribution is 0.0438. The second kappa shape index (κ2) is 7.03. The smallest absolute Gasteiger partial charge is 0.0768 e. The predicted molar refractivity (Wildman–Crippen MR) is 52.6 cm³/mol. The molecule has 0 aliphatic carbocycles. The summed E-state index contributed by atoms with van der Waals surface area (Å²) in [6.45, 7) is 3.09. The highest BCUT2D eigenvalue weighted by molar-refractivity contribution is 8.21. The molecule has 4 heteroatoms. The van der Waals surface area contributed by atoms with Gasteiger partial charge in [0.2, 0.25) is 0 Å². The zero-order chi connectivity index (χ0) is 8.69. The van der Waals surface area contributed by atoms with Gasteiger partial charge in [0.1, 0.15) is 0 Å². The standard InChI is InChI=1S/C4H10O2.C3H4S2/c1-3(5)4(2)6;1-2-5-3-4-1/h3-6H,1-2H3;1-2H,3H2. The third-order valence-electron chi connectivity index (χ3n) is 1.08. The molecule has 0 saturated heterocycles. The van der Waals surface area contributed by atoms with Crippen molar-refractivity contribution in [1.82, 2.24) is 0 Å². The van der Waals surface area contributed by atoms with Gasteiger partial charge in [-0.15, -0.1) is 23.5 Å². The van der Waals surface area contributed by atoms with E-state index >= 15 is 0 Å². The largest absolute Gasteiger partial charge is 0.391 e. The van der Waals surface area contributed by atoms with Gasteiger partial charge in [-0.2, -0.15) is 0 Å². The van der Waals surface area contributed by atoms with E-state index < -0.39 is 12.2 Å². The van der Waals surface area contributed by atoms with Gasteiger partial charge in [0.05, 0.1) is 12.2 Å². The number of aliphatic hydroxyl groups excluding tert-OH is 2. The van der Waals surface area contributed by atoms with Crippen LogP contribution in [0.15, 0.2) is 10.8 Å². The Balaban J connectivity index is 0.000000183. The van der Waals surface area contributed by atoms with Crippen LogP contribution in [-0.4, -0.2) is 27.5 Å². The zero-order valence-corrected chi connectivity index (χ0v) is 8.36. The van der Waals surface area contributed by atoms with E-state index in [4.69, 9.17) is 10.2 Å². The van der Waals surface area contributed by atoms with Crippen molar-refractivity contribution in [3.63, 3.8) is 0 Å². The highest BCUT2D eigenvalue weighted by Gasteiger charge is 1.99. The minimum absolute atomic E-state index is 0.593. The summed E-state index contributed by atoms with van der Waals surface area (Å²) in [6, 6.07) is 0. The van der Waals surface area contributed by atoms with Crippen LogP contribution >= 0.6 is 23.5 Å². The summed E-state index contributed by atoms with van der Waals surface area (Å²) in [6.07, 6.45) is -1.19. The SMILES string of the molecule is C1=CSCS1.CC(O)C(C)O. The number of rotatable bonds is 1. The van der Waals surface area contributed by atoms with E-state index in [1.54, 1.807) is 13.8 Å². The Hall–Kier alpha value is 0.360. The summed E-state index contributed by atoms with van der Waals surface area (Å²) in [7, 11) is 0. The number of aliphatic hydroxyl groups is 2. The monoisotopic (exact) mass is 194 g/mol. The summed E-state index contributed by atoms with van der Waals surface area (Å²) in [4.78, 5) is 0. The van der Waals surface area contributed by atoms with Crippen LogP contribution in [0, 0.1) is 0 Å². The first kappa shape index (κ1) is 11.4. The lowest BCUT2D eigenvalue weighted by atomic mass is 10.3. The van der Waals surface area contributed by atoms with Crippen molar-refractivity contribution in [2.24, 2.45) is 0 Å². The molecule has 0 saturated carbocycles. The molecule has 0 aromatic heterocycles. The molecule has 0 amide bonds. The number of hydrogen-bond donors (Lipinski definition) is 2. The van der Waals surface area contributed by atoms with Crippen molar-refractivity contribution in [1.29, 1.82) is 0 Å². The summed E-state index contributed by atoms with van der Waals surface area (Å²) in [5.74, 6) is 0. The summed E-state index contributed by atoms with van der Waals surface area (Å²) < 4.78 is 0. The summed E-state index contributed by atoms with van der Waals surface area (Å²) in [5, 5.41) is 22.2. The topological polar surface area (TPSA) is 40.5 Å². The third kappa shape index (κ3) is 8.26. The molecule has 0 spiro atoms. The molecule has 1 rings (SSSR count). The van der Waals surface area contributed by atoms with E-state index in [9.17, 15) is 0 Å². The van der Waals surface area contributed by atoms with Crippen molar-refractivity contribution >= 4 is 23.5 Å². The number of thioether (sulfide) groups is 2. The fourth-order valence-corrected chi connectivity index (χ4v) is 1.77. The van der Waals surface area contributed by atoms with Gasteiger partial charge in [0.25, 0.3) is 0 Å². The van der Waals surface area contributed by atoms with Gasteiger partial charge in [-0.3, -0.25) is 0 Å². The third-order valence-corrected chi connectivity index (χ3v) is 3.00. The van der Waals surface area contributed by atoms with Gasteiger partial charge >= 0.3 is 0 Å². The van der Waals surface area contributed by atoms with Gasteiger partial charge in [-0.05, 0) is 24.7 Å². The highest BCUT2D eigenvalue weighted by Crippen LogP contribution is 2.22. The van der Waals surface area contributed by atoms with Crippen LogP contribution in [0.25, 0.3) is 0 Å². The maximum atomic E-state index is 8.38. The Labute approximate surface area is 76.1 Å². The van der Waals surface area contributed by atoms with Crippen molar-refractivity contribution < 1.29 is 10.2 Å². The fraction of sp³-hybridized carbons (Fsp3) is 0.714. The first-order chi connectivity index (χ1) is 5.14. The molecule has 2 nitrogen and oxygen atoms in total. The molecule has 2 unspecified atom stereocenters. The zero-order valence-electron chi connectivity index (χ0n) is 6.73. The minimum Gasteiger partial charge on any atom is -0.391 e. The second-order valence-electron chi connectivity index (χ2n) is 2.20. The van der Waals surface area contributed by atoms with Crippen LogP contribution in [0.4, 0.5) is 0 Å². The van der Waals surface area contributed by atoms with Crippen molar-refractivity contribution in [3.05, 3.63) is 10.8 Å². The van der Waals surface area contributed by atoms with Crippen LogP contribution in [0.3, 0.4) is 0 Å². The molecule has 11 heavy (non-hydrogen) atoms. The van der Waals surface area contributed by atoms with Gasteiger partial charge < -0.3 is 10.2 Å². The molecule has 0 radical (unpaired) electrons. The van der Waals surface area contributed by atoms with Crippen LogP contribution < -0.4 is 0 Å². The Kier molecular flexibility index (Phi) is 7.26. The first-order valence-corrected chi connectivity index (χ1v) is 5.48. The Morgan fingerprint density at radius 2 is 1.45 bits per heavy atom. The van der Waals surface area contributed by atoms with Crippen LogP contribution in [-0.2, 0) is 0 Å². The van der Waals surface area contributed by atoms with Gasteiger partial charge in [0, 0.05) is 5.08 Å². The Bertz CT molecular complexity index is 101. The fourth-order valence-electron chi connectivity index (χ4n) is 0.196. The maximum Gasteiger partial charge on any atom is 0.0768 e. The Morgan fingerprint density at radius 1 is 1.09 bits per heavy atom. The molecule has 2 N–H and O–H groups in total. The molecular weight excluding hydrogens is 180 g/mol. The molecule has 1 aliphatic rings. The van der Waals surface area contributed by atoms with Crippen molar-refractivity contribution in [2.75, 3.05) is 5.08 Å². The second-order valence-corrected chi connectivity index (χ2v) is 4.36. The van der Waals surface area contributed by atoms with Crippen molar-refractivity contribution in [2.45, 2.75) is 26.1 Å². The van der Waals surface area contributed by atoms with E-state index in [0.29, 0.717) is 0 Å². The molecular formula is C7H14O2S2. The normalized spacial score (nSPS) is 20.4. The van der Waals surface area contributed by atoms with Gasteiger partial charge in [-0.25, -0.2) is 0 Å². The average molecular weight is 194 g/mol.